The van der Waals surface area contributed by atoms with Crippen LogP contribution < -0.4 is 10.2 Å². The second kappa shape index (κ2) is 9.71. The maximum Gasteiger partial charge on any atom is 0.128 e. The predicted molar refractivity (Wildman–Crippen MR) is 86.9 cm³/mol. The smallest absolute Gasteiger partial charge is 0.128 e. The van der Waals surface area contributed by atoms with Gasteiger partial charge in [-0.15, -0.1) is 0 Å². The molecule has 0 aliphatic carbocycles. The number of hydrogen-bond acceptors (Lipinski definition) is 5. The second-order valence-corrected chi connectivity index (χ2v) is 5.32. The van der Waals surface area contributed by atoms with Crippen LogP contribution in [0.5, 0.6) is 0 Å². The van der Waals surface area contributed by atoms with Gasteiger partial charge in [-0.3, -0.25) is 4.90 Å². The van der Waals surface area contributed by atoms with Crippen LogP contribution in [0, 0.1) is 0 Å². The molecule has 0 aromatic carbocycles. The zero-order valence-corrected chi connectivity index (χ0v) is 13.1. The first-order chi connectivity index (χ1) is 10.4. The van der Waals surface area contributed by atoms with Crippen molar-refractivity contribution in [1.82, 2.24) is 15.2 Å². The molecule has 1 aromatic heterocycles. The van der Waals surface area contributed by atoms with Gasteiger partial charge in [0.05, 0.1) is 0 Å². The highest BCUT2D eigenvalue weighted by molar-refractivity contribution is 5.38. The molecule has 0 amide bonds. The minimum Gasteiger partial charge on any atom is -0.382 e. The number of aromatic nitrogens is 1. The number of hydrogen-bond donors (Lipinski definition) is 1. The van der Waals surface area contributed by atoms with Gasteiger partial charge in [0.15, 0.2) is 0 Å². The summed E-state index contributed by atoms with van der Waals surface area (Å²) in [4.78, 5) is 9.31. The standard InChI is InChI=1S/C16H28N4O/c1-2-21-15-5-7-17-9-10-19-11-13-20(14-12-19)16-6-3-4-8-18-16/h3-4,6,8,17H,2,5,7,9-15H2,1H3. The van der Waals surface area contributed by atoms with Gasteiger partial charge in [-0.1, -0.05) is 6.07 Å². The van der Waals surface area contributed by atoms with E-state index in [1.165, 1.54) is 0 Å². The molecule has 1 N–H and O–H groups in total. The van der Waals surface area contributed by atoms with E-state index in [1.807, 2.05) is 19.2 Å². The lowest BCUT2D eigenvalue weighted by Crippen LogP contribution is -2.48. The zero-order chi connectivity index (χ0) is 14.8. The molecular formula is C16H28N4O. The second-order valence-electron chi connectivity index (χ2n) is 5.32. The molecule has 0 saturated carbocycles. The van der Waals surface area contributed by atoms with Crippen molar-refractivity contribution in [2.75, 3.05) is 63.9 Å². The molecule has 1 fully saturated rings. The van der Waals surface area contributed by atoms with Crippen molar-refractivity contribution in [1.29, 1.82) is 0 Å². The summed E-state index contributed by atoms with van der Waals surface area (Å²) in [5, 5.41) is 3.49. The van der Waals surface area contributed by atoms with E-state index < -0.39 is 0 Å². The van der Waals surface area contributed by atoms with E-state index in [0.717, 1.165) is 71.3 Å². The number of ether oxygens (including phenoxy) is 1. The fourth-order valence-corrected chi connectivity index (χ4v) is 2.55. The van der Waals surface area contributed by atoms with Crippen LogP contribution in [-0.4, -0.2) is 68.9 Å². The molecule has 1 saturated heterocycles. The van der Waals surface area contributed by atoms with Crippen molar-refractivity contribution < 1.29 is 4.74 Å². The lowest BCUT2D eigenvalue weighted by atomic mass is 10.3. The fourth-order valence-electron chi connectivity index (χ4n) is 2.55. The number of nitrogens with one attached hydrogen (secondary N) is 1. The van der Waals surface area contributed by atoms with Crippen LogP contribution in [0.1, 0.15) is 13.3 Å². The first kappa shape index (κ1) is 16.2. The summed E-state index contributed by atoms with van der Waals surface area (Å²) < 4.78 is 5.32. The number of pyridine rings is 1. The molecule has 0 spiro atoms. The Morgan fingerprint density at radius 2 is 2.05 bits per heavy atom. The Kier molecular flexibility index (Phi) is 7.49. The maximum absolute atomic E-state index is 5.32. The molecule has 0 atom stereocenters. The van der Waals surface area contributed by atoms with Crippen LogP contribution in [-0.2, 0) is 4.74 Å². The van der Waals surface area contributed by atoms with Gasteiger partial charge in [0.1, 0.15) is 5.82 Å². The molecule has 2 heterocycles. The Bertz CT molecular complexity index is 366. The SMILES string of the molecule is CCOCCCNCCN1CCN(c2ccccn2)CC1. The molecule has 5 nitrogen and oxygen atoms in total. The van der Waals surface area contributed by atoms with E-state index in [1.54, 1.807) is 0 Å². The zero-order valence-electron chi connectivity index (χ0n) is 13.1. The summed E-state index contributed by atoms with van der Waals surface area (Å²) >= 11 is 0. The van der Waals surface area contributed by atoms with Gasteiger partial charge in [-0.25, -0.2) is 4.98 Å². The molecule has 5 heteroatoms. The van der Waals surface area contributed by atoms with Crippen molar-refractivity contribution >= 4 is 5.82 Å². The highest BCUT2D eigenvalue weighted by Gasteiger charge is 2.16. The Balaban J connectivity index is 1.53. The normalized spacial score (nSPS) is 16.3. The van der Waals surface area contributed by atoms with Crippen LogP contribution in [0.2, 0.25) is 0 Å². The minimum absolute atomic E-state index is 0.820. The van der Waals surface area contributed by atoms with Crippen LogP contribution >= 0.6 is 0 Å². The van der Waals surface area contributed by atoms with Gasteiger partial charge in [0.25, 0.3) is 0 Å². The van der Waals surface area contributed by atoms with E-state index in [-0.39, 0.29) is 0 Å². The van der Waals surface area contributed by atoms with Crippen molar-refractivity contribution in [3.05, 3.63) is 24.4 Å². The van der Waals surface area contributed by atoms with E-state index in [9.17, 15) is 0 Å². The monoisotopic (exact) mass is 292 g/mol. The lowest BCUT2D eigenvalue weighted by Gasteiger charge is -2.35. The summed E-state index contributed by atoms with van der Waals surface area (Å²) in [6.07, 6.45) is 2.97. The van der Waals surface area contributed by atoms with E-state index in [2.05, 4.69) is 32.2 Å². The Morgan fingerprint density at radius 1 is 1.19 bits per heavy atom. The summed E-state index contributed by atoms with van der Waals surface area (Å²) in [5.41, 5.74) is 0. The van der Waals surface area contributed by atoms with Gasteiger partial charge >= 0.3 is 0 Å². The number of anilines is 1. The summed E-state index contributed by atoms with van der Waals surface area (Å²) in [6.45, 7) is 11.4. The minimum atomic E-state index is 0.820. The Morgan fingerprint density at radius 3 is 2.76 bits per heavy atom. The van der Waals surface area contributed by atoms with Crippen molar-refractivity contribution in [2.24, 2.45) is 0 Å². The molecule has 2 rings (SSSR count). The molecule has 1 aliphatic rings. The molecular weight excluding hydrogens is 264 g/mol. The topological polar surface area (TPSA) is 40.6 Å². The molecule has 21 heavy (non-hydrogen) atoms. The van der Waals surface area contributed by atoms with E-state index in [4.69, 9.17) is 4.74 Å². The molecule has 0 unspecified atom stereocenters. The molecule has 0 bridgehead atoms. The average Bonchev–Trinajstić information content (AvgIpc) is 2.55. The quantitative estimate of drug-likeness (QED) is 0.693. The van der Waals surface area contributed by atoms with Gasteiger partial charge in [-0.2, -0.15) is 0 Å². The third-order valence-electron chi connectivity index (χ3n) is 3.80. The van der Waals surface area contributed by atoms with Gasteiger partial charge in [0, 0.05) is 58.7 Å². The highest BCUT2D eigenvalue weighted by atomic mass is 16.5. The number of nitrogens with zero attached hydrogens (tertiary/aromatic N) is 3. The highest BCUT2D eigenvalue weighted by Crippen LogP contribution is 2.11. The largest absolute Gasteiger partial charge is 0.382 e. The predicted octanol–water partition coefficient (Wildman–Crippen LogP) is 1.22. The Hall–Kier alpha value is -1.17. The van der Waals surface area contributed by atoms with Crippen LogP contribution in [0.4, 0.5) is 5.82 Å². The van der Waals surface area contributed by atoms with Crippen LogP contribution in [0.15, 0.2) is 24.4 Å². The lowest BCUT2D eigenvalue weighted by molar-refractivity contribution is 0.144. The van der Waals surface area contributed by atoms with Crippen LogP contribution in [0.3, 0.4) is 0 Å². The third kappa shape index (κ3) is 5.99. The molecule has 1 aliphatic heterocycles. The van der Waals surface area contributed by atoms with Gasteiger partial charge < -0.3 is 15.0 Å². The van der Waals surface area contributed by atoms with Crippen LogP contribution in [0.25, 0.3) is 0 Å². The average molecular weight is 292 g/mol. The fraction of sp³-hybridized carbons (Fsp3) is 0.688. The summed E-state index contributed by atoms with van der Waals surface area (Å²) in [5.74, 6) is 1.10. The first-order valence-electron chi connectivity index (χ1n) is 8.07. The Labute approximate surface area is 128 Å². The molecule has 118 valence electrons. The van der Waals surface area contributed by atoms with Crippen molar-refractivity contribution in [3.8, 4) is 0 Å². The molecule has 1 aromatic rings. The summed E-state index contributed by atoms with van der Waals surface area (Å²) in [6, 6.07) is 6.12. The van der Waals surface area contributed by atoms with E-state index >= 15 is 0 Å². The molecule has 0 radical (unpaired) electrons. The number of rotatable bonds is 9. The van der Waals surface area contributed by atoms with Crippen molar-refractivity contribution in [3.63, 3.8) is 0 Å². The number of piperazine rings is 1. The maximum atomic E-state index is 5.32. The van der Waals surface area contributed by atoms with E-state index in [0.29, 0.717) is 0 Å². The third-order valence-corrected chi connectivity index (χ3v) is 3.80. The van der Waals surface area contributed by atoms with Gasteiger partial charge in [0.2, 0.25) is 0 Å². The van der Waals surface area contributed by atoms with Gasteiger partial charge in [-0.05, 0) is 32.0 Å². The summed E-state index contributed by atoms with van der Waals surface area (Å²) in [7, 11) is 0. The van der Waals surface area contributed by atoms with Crippen molar-refractivity contribution in [2.45, 2.75) is 13.3 Å². The first-order valence-corrected chi connectivity index (χ1v) is 8.07.